The summed E-state index contributed by atoms with van der Waals surface area (Å²) in [6.45, 7) is 3.61. The highest BCUT2D eigenvalue weighted by atomic mass is 16.1. The van der Waals surface area contributed by atoms with E-state index in [2.05, 4.69) is 15.6 Å². The number of para-hydroxylation sites is 1. The second kappa shape index (κ2) is 6.37. The quantitative estimate of drug-likeness (QED) is 0.569. The molecule has 0 saturated carbocycles. The minimum Gasteiger partial charge on any atom is -0.369 e. The van der Waals surface area contributed by atoms with E-state index in [1.165, 1.54) is 0 Å². The lowest BCUT2D eigenvalue weighted by atomic mass is 9.92. The number of aromatic nitrogens is 3. The van der Waals surface area contributed by atoms with Crippen LogP contribution in [0.2, 0.25) is 0 Å². The van der Waals surface area contributed by atoms with E-state index in [0.717, 1.165) is 77.3 Å². The van der Waals surface area contributed by atoms with Crippen molar-refractivity contribution in [2.24, 2.45) is 0 Å². The van der Waals surface area contributed by atoms with Crippen molar-refractivity contribution in [3.05, 3.63) is 41.2 Å². The molecule has 1 aromatic carbocycles. The molecule has 6 nitrogen and oxygen atoms in total. The molecule has 4 bridgehead atoms. The molecular formula is C21H23N5O. The number of hydrogen-bond donors (Lipinski definition) is 3. The van der Waals surface area contributed by atoms with Crippen LogP contribution in [0.3, 0.4) is 0 Å². The number of rotatable bonds is 0. The van der Waals surface area contributed by atoms with E-state index < -0.39 is 0 Å². The van der Waals surface area contributed by atoms with E-state index in [1.807, 2.05) is 31.2 Å². The summed E-state index contributed by atoms with van der Waals surface area (Å²) in [7, 11) is 0. The summed E-state index contributed by atoms with van der Waals surface area (Å²) in [5, 5.41) is 6.51. The number of amides is 1. The molecule has 27 heavy (non-hydrogen) atoms. The summed E-state index contributed by atoms with van der Waals surface area (Å²) in [6, 6.07) is 8.01. The Kier molecular flexibility index (Phi) is 3.85. The highest BCUT2D eigenvalue weighted by Crippen LogP contribution is 2.34. The summed E-state index contributed by atoms with van der Waals surface area (Å²) >= 11 is 0. The number of benzene rings is 1. The minimum atomic E-state index is 0.0117. The molecule has 1 atom stereocenters. The average molecular weight is 361 g/mol. The molecule has 3 N–H and O–H groups in total. The van der Waals surface area contributed by atoms with E-state index in [-0.39, 0.29) is 5.91 Å². The maximum absolute atomic E-state index is 12.4. The van der Waals surface area contributed by atoms with Gasteiger partial charge in [-0.1, -0.05) is 25.0 Å². The molecule has 2 aromatic heterocycles. The van der Waals surface area contributed by atoms with Gasteiger partial charge in [0.05, 0.1) is 16.8 Å². The number of fused-ring (bicyclic) bond motifs is 3. The predicted octanol–water partition coefficient (Wildman–Crippen LogP) is 3.75. The Balaban J connectivity index is 1.73. The largest absolute Gasteiger partial charge is 0.369 e. The lowest BCUT2D eigenvalue weighted by Crippen LogP contribution is -2.34. The first kappa shape index (κ1) is 16.3. The summed E-state index contributed by atoms with van der Waals surface area (Å²) < 4.78 is 0. The van der Waals surface area contributed by atoms with E-state index >= 15 is 0 Å². The fourth-order valence-corrected chi connectivity index (χ4v) is 4.23. The van der Waals surface area contributed by atoms with Crippen molar-refractivity contribution in [3.63, 3.8) is 0 Å². The van der Waals surface area contributed by atoms with Gasteiger partial charge in [0.1, 0.15) is 11.3 Å². The molecule has 1 unspecified atom stereocenters. The third kappa shape index (κ3) is 2.76. The molecule has 0 spiro atoms. The summed E-state index contributed by atoms with van der Waals surface area (Å²) in [4.78, 5) is 25.6. The van der Waals surface area contributed by atoms with Crippen molar-refractivity contribution in [2.45, 2.75) is 38.5 Å². The third-order valence-corrected chi connectivity index (χ3v) is 5.69. The number of nitrogens with zero attached hydrogens (tertiary/aromatic N) is 2. The highest BCUT2D eigenvalue weighted by Gasteiger charge is 2.28. The van der Waals surface area contributed by atoms with Crippen LogP contribution in [-0.2, 0) is 0 Å². The van der Waals surface area contributed by atoms with E-state index in [1.54, 1.807) is 0 Å². The number of aromatic amines is 1. The van der Waals surface area contributed by atoms with Gasteiger partial charge in [0.15, 0.2) is 0 Å². The smallest absolute Gasteiger partial charge is 0.253 e. The summed E-state index contributed by atoms with van der Waals surface area (Å²) in [5.41, 5.74) is 6.41. The monoisotopic (exact) mass is 361 g/mol. The molecule has 4 heterocycles. The lowest BCUT2D eigenvalue weighted by molar-refractivity contribution is 0.0939. The van der Waals surface area contributed by atoms with Crippen LogP contribution >= 0.6 is 0 Å². The van der Waals surface area contributed by atoms with Gasteiger partial charge in [0, 0.05) is 36.0 Å². The molecule has 2 aliphatic heterocycles. The number of nitrogens with one attached hydrogen (secondary N) is 3. The number of H-pyrrole nitrogens is 1. The Hall–Kier alpha value is -2.89. The summed E-state index contributed by atoms with van der Waals surface area (Å²) in [6.07, 6.45) is 4.49. The van der Waals surface area contributed by atoms with Crippen LogP contribution in [0.4, 0.5) is 5.82 Å². The first-order valence-corrected chi connectivity index (χ1v) is 9.73. The van der Waals surface area contributed by atoms with Gasteiger partial charge in [-0.15, -0.1) is 0 Å². The normalized spacial score (nSPS) is 19.4. The van der Waals surface area contributed by atoms with Crippen LogP contribution in [0.25, 0.3) is 22.3 Å². The maximum atomic E-state index is 12.4. The van der Waals surface area contributed by atoms with E-state index in [4.69, 9.17) is 9.97 Å². The maximum Gasteiger partial charge on any atom is 0.253 e. The van der Waals surface area contributed by atoms with E-state index in [0.29, 0.717) is 12.5 Å². The minimum absolute atomic E-state index is 0.0117. The molecule has 0 fully saturated rings. The van der Waals surface area contributed by atoms with Crippen molar-refractivity contribution >= 4 is 22.8 Å². The molecule has 2 aliphatic rings. The van der Waals surface area contributed by atoms with Gasteiger partial charge in [0.2, 0.25) is 0 Å². The van der Waals surface area contributed by atoms with Crippen LogP contribution in [-0.4, -0.2) is 33.9 Å². The Bertz CT molecular complexity index is 1040. The Morgan fingerprint density at radius 3 is 2.93 bits per heavy atom. The second-order valence-corrected chi connectivity index (χ2v) is 7.52. The first-order chi connectivity index (χ1) is 13.2. The van der Waals surface area contributed by atoms with Gasteiger partial charge in [-0.05, 0) is 31.9 Å². The Morgan fingerprint density at radius 2 is 2.00 bits per heavy atom. The van der Waals surface area contributed by atoms with Crippen molar-refractivity contribution in [3.8, 4) is 11.3 Å². The van der Waals surface area contributed by atoms with Crippen molar-refractivity contribution in [1.82, 2.24) is 20.3 Å². The zero-order valence-corrected chi connectivity index (χ0v) is 15.4. The van der Waals surface area contributed by atoms with Crippen LogP contribution in [0, 0.1) is 6.92 Å². The molecule has 138 valence electrons. The van der Waals surface area contributed by atoms with Gasteiger partial charge in [0.25, 0.3) is 5.91 Å². The van der Waals surface area contributed by atoms with Crippen LogP contribution < -0.4 is 10.6 Å². The molecule has 5 rings (SSSR count). The van der Waals surface area contributed by atoms with Crippen LogP contribution in [0.5, 0.6) is 0 Å². The van der Waals surface area contributed by atoms with Crippen molar-refractivity contribution in [2.75, 3.05) is 18.4 Å². The fraction of sp³-hybridized carbons (Fsp3) is 0.381. The molecule has 1 amide bonds. The van der Waals surface area contributed by atoms with Gasteiger partial charge >= 0.3 is 0 Å². The van der Waals surface area contributed by atoms with Crippen molar-refractivity contribution < 1.29 is 4.79 Å². The van der Waals surface area contributed by atoms with Crippen LogP contribution in [0.1, 0.15) is 53.3 Å². The summed E-state index contributed by atoms with van der Waals surface area (Å²) in [5.74, 6) is 1.21. The number of hydrogen-bond acceptors (Lipinski definition) is 4. The average Bonchev–Trinajstić information content (AvgIpc) is 3.11. The standard InChI is InChI=1S/C21H23N5O/c1-12-20-22-9-4-2-3-6-13-11-23-21(27)15-10-17(25-18(13)15)14-7-5-8-16(24-12)19(14)26-20/h5,7-8,10,13,25H,2-4,6,9,11H2,1H3,(H,22,26)(H,23,27). The van der Waals surface area contributed by atoms with Gasteiger partial charge in [-0.2, -0.15) is 0 Å². The molecule has 0 radical (unpaired) electrons. The second-order valence-electron chi connectivity index (χ2n) is 7.52. The highest BCUT2D eigenvalue weighted by molar-refractivity contribution is 6.00. The molecule has 6 heteroatoms. The zero-order chi connectivity index (χ0) is 18.4. The topological polar surface area (TPSA) is 82.7 Å². The fourth-order valence-electron chi connectivity index (χ4n) is 4.23. The predicted molar refractivity (Wildman–Crippen MR) is 106 cm³/mol. The molecule has 3 aromatic rings. The number of anilines is 1. The van der Waals surface area contributed by atoms with Gasteiger partial charge < -0.3 is 15.6 Å². The number of carbonyl (C=O) groups is 1. The SMILES string of the molecule is Cc1nc2cccc3c2nc1NCCCCCC1CNC(=O)c2cc-3[nH]c21. The first-order valence-electron chi connectivity index (χ1n) is 9.73. The van der Waals surface area contributed by atoms with E-state index in [9.17, 15) is 4.79 Å². The number of carbonyl (C=O) groups excluding carboxylic acids is 1. The van der Waals surface area contributed by atoms with Crippen LogP contribution in [0.15, 0.2) is 24.3 Å². The Labute approximate surface area is 157 Å². The molecule has 0 saturated heterocycles. The van der Waals surface area contributed by atoms with Crippen molar-refractivity contribution in [1.29, 1.82) is 0 Å². The third-order valence-electron chi connectivity index (χ3n) is 5.69. The lowest BCUT2D eigenvalue weighted by Gasteiger charge is -2.23. The van der Waals surface area contributed by atoms with Gasteiger partial charge in [-0.3, -0.25) is 4.79 Å². The van der Waals surface area contributed by atoms with Gasteiger partial charge in [-0.25, -0.2) is 9.97 Å². The number of aryl methyl sites for hydroxylation is 1. The zero-order valence-electron chi connectivity index (χ0n) is 15.4. The molecule has 0 aliphatic carbocycles. The Morgan fingerprint density at radius 1 is 1.07 bits per heavy atom. The molecular weight excluding hydrogens is 338 g/mol.